The summed E-state index contributed by atoms with van der Waals surface area (Å²) in [6, 6.07) is 4.69. The van der Waals surface area contributed by atoms with E-state index in [0.29, 0.717) is 15.6 Å². The Morgan fingerprint density at radius 1 is 1.42 bits per heavy atom. The first-order chi connectivity index (χ1) is 8.97. The molecule has 100 valence electrons. The lowest BCUT2D eigenvalue weighted by molar-refractivity contribution is 0.102. The molecule has 0 radical (unpaired) electrons. The fraction of sp³-hybridized carbons (Fsp3) is 0.231. The minimum Gasteiger partial charge on any atom is -0.326 e. The van der Waals surface area contributed by atoms with Crippen LogP contribution in [-0.2, 0) is 0 Å². The Morgan fingerprint density at radius 2 is 2.16 bits per heavy atom. The van der Waals surface area contributed by atoms with Gasteiger partial charge in [-0.1, -0.05) is 25.4 Å². The molecule has 0 saturated carbocycles. The third-order valence-electron chi connectivity index (χ3n) is 2.62. The van der Waals surface area contributed by atoms with Gasteiger partial charge in [-0.15, -0.1) is 11.3 Å². The van der Waals surface area contributed by atoms with E-state index >= 15 is 0 Å². The highest BCUT2D eigenvalue weighted by Gasteiger charge is 2.12. The smallest absolute Gasteiger partial charge is 0.255 e. The van der Waals surface area contributed by atoms with Crippen molar-refractivity contribution in [3.8, 4) is 0 Å². The molecule has 0 atom stereocenters. The highest BCUT2D eigenvalue weighted by Crippen LogP contribution is 2.28. The zero-order valence-electron chi connectivity index (χ0n) is 10.5. The van der Waals surface area contributed by atoms with Gasteiger partial charge in [0.1, 0.15) is 4.34 Å². The number of aromatic amines is 1. The van der Waals surface area contributed by atoms with E-state index in [9.17, 15) is 9.59 Å². The Bertz CT molecular complexity index is 661. The molecule has 6 heteroatoms. The highest BCUT2D eigenvalue weighted by molar-refractivity contribution is 7.15. The SMILES string of the molecule is CC(C)c1cc(C(=O)Nc2ccsc2Cl)cc(=O)[nH]1. The van der Waals surface area contributed by atoms with Gasteiger partial charge in [-0.3, -0.25) is 9.59 Å². The van der Waals surface area contributed by atoms with Crippen molar-refractivity contribution in [3.05, 3.63) is 49.5 Å². The number of rotatable bonds is 3. The summed E-state index contributed by atoms with van der Waals surface area (Å²) in [4.78, 5) is 26.3. The lowest BCUT2D eigenvalue weighted by Gasteiger charge is -2.08. The normalized spacial score (nSPS) is 10.7. The molecule has 0 aliphatic heterocycles. The fourth-order valence-electron chi connectivity index (χ4n) is 1.58. The molecule has 2 aromatic rings. The van der Waals surface area contributed by atoms with Gasteiger partial charge in [-0.05, 0) is 23.4 Å². The number of anilines is 1. The minimum atomic E-state index is -0.340. The van der Waals surface area contributed by atoms with E-state index in [0.717, 1.165) is 5.69 Å². The molecule has 2 N–H and O–H groups in total. The van der Waals surface area contributed by atoms with Crippen molar-refractivity contribution < 1.29 is 4.79 Å². The van der Waals surface area contributed by atoms with Crippen LogP contribution in [0.1, 0.15) is 35.8 Å². The van der Waals surface area contributed by atoms with Crippen molar-refractivity contribution in [1.82, 2.24) is 4.98 Å². The number of aromatic nitrogens is 1. The van der Waals surface area contributed by atoms with Gasteiger partial charge < -0.3 is 10.3 Å². The standard InChI is InChI=1S/C13H13ClN2O2S/c1-7(2)10-5-8(6-11(17)15-10)13(18)16-9-3-4-19-12(9)14/h3-7H,1-2H3,(H,15,17)(H,16,18). The van der Waals surface area contributed by atoms with Crippen molar-refractivity contribution in [2.45, 2.75) is 19.8 Å². The van der Waals surface area contributed by atoms with Crippen LogP contribution in [0.4, 0.5) is 5.69 Å². The molecule has 2 heterocycles. The average Bonchev–Trinajstić information content (AvgIpc) is 2.74. The van der Waals surface area contributed by atoms with Crippen molar-refractivity contribution >= 4 is 34.5 Å². The van der Waals surface area contributed by atoms with Gasteiger partial charge in [0.25, 0.3) is 5.91 Å². The number of pyridine rings is 1. The maximum Gasteiger partial charge on any atom is 0.255 e. The molecule has 2 rings (SSSR count). The number of nitrogens with one attached hydrogen (secondary N) is 2. The molecule has 4 nitrogen and oxygen atoms in total. The second-order valence-corrected chi connectivity index (χ2v) is 5.92. The molecule has 1 amide bonds. The quantitative estimate of drug-likeness (QED) is 0.911. The molecule has 0 aromatic carbocycles. The third-order valence-corrected chi connectivity index (χ3v) is 3.79. The van der Waals surface area contributed by atoms with Gasteiger partial charge in [0, 0.05) is 17.3 Å². The van der Waals surface area contributed by atoms with Crippen molar-refractivity contribution in [3.63, 3.8) is 0 Å². The van der Waals surface area contributed by atoms with Crippen molar-refractivity contribution in [2.75, 3.05) is 5.32 Å². The summed E-state index contributed by atoms with van der Waals surface area (Å²) in [5.41, 5.74) is 1.33. The van der Waals surface area contributed by atoms with E-state index in [1.165, 1.54) is 17.4 Å². The molecule has 0 saturated heterocycles. The number of carbonyl (C=O) groups is 1. The topological polar surface area (TPSA) is 62.0 Å². The zero-order valence-corrected chi connectivity index (χ0v) is 12.1. The number of amides is 1. The Hall–Kier alpha value is -1.59. The summed E-state index contributed by atoms with van der Waals surface area (Å²) in [7, 11) is 0. The second kappa shape index (κ2) is 5.59. The monoisotopic (exact) mass is 296 g/mol. The van der Waals surface area contributed by atoms with Crippen LogP contribution in [0.25, 0.3) is 0 Å². The fourth-order valence-corrected chi connectivity index (χ4v) is 2.42. The number of hydrogen-bond acceptors (Lipinski definition) is 3. The number of carbonyl (C=O) groups excluding carboxylic acids is 1. The summed E-state index contributed by atoms with van der Waals surface area (Å²) < 4.78 is 0.516. The van der Waals surface area contributed by atoms with E-state index < -0.39 is 0 Å². The summed E-state index contributed by atoms with van der Waals surface area (Å²) in [5, 5.41) is 4.47. The summed E-state index contributed by atoms with van der Waals surface area (Å²) in [5.74, 6) is -0.196. The minimum absolute atomic E-state index is 0.144. The molecule has 0 spiro atoms. The van der Waals surface area contributed by atoms with Gasteiger partial charge in [-0.25, -0.2) is 0 Å². The summed E-state index contributed by atoms with van der Waals surface area (Å²) >= 11 is 7.26. The number of hydrogen-bond donors (Lipinski definition) is 2. The Labute approximate surface area is 119 Å². The molecular weight excluding hydrogens is 284 g/mol. The van der Waals surface area contributed by atoms with E-state index in [1.807, 2.05) is 13.8 Å². The van der Waals surface area contributed by atoms with Crippen LogP contribution in [-0.4, -0.2) is 10.9 Å². The van der Waals surface area contributed by atoms with Crippen LogP contribution < -0.4 is 10.9 Å². The lowest BCUT2D eigenvalue weighted by atomic mass is 10.1. The molecule has 0 unspecified atom stereocenters. The van der Waals surface area contributed by atoms with E-state index in [1.54, 1.807) is 17.5 Å². The van der Waals surface area contributed by atoms with Gasteiger partial charge in [0.15, 0.2) is 0 Å². The van der Waals surface area contributed by atoms with Crippen LogP contribution in [0.15, 0.2) is 28.4 Å². The summed E-state index contributed by atoms with van der Waals surface area (Å²) in [6.07, 6.45) is 0. The van der Waals surface area contributed by atoms with Crippen molar-refractivity contribution in [1.29, 1.82) is 0 Å². The van der Waals surface area contributed by atoms with Gasteiger partial charge in [0.05, 0.1) is 5.69 Å². The van der Waals surface area contributed by atoms with E-state index in [2.05, 4.69) is 10.3 Å². The molecule has 0 aliphatic rings. The Balaban J connectivity index is 2.29. The highest BCUT2D eigenvalue weighted by atomic mass is 35.5. The molecule has 0 aliphatic carbocycles. The predicted molar refractivity (Wildman–Crippen MR) is 78.4 cm³/mol. The van der Waals surface area contributed by atoms with Crippen LogP contribution in [0.5, 0.6) is 0 Å². The van der Waals surface area contributed by atoms with Gasteiger partial charge in [-0.2, -0.15) is 0 Å². The first-order valence-electron chi connectivity index (χ1n) is 5.76. The number of halogens is 1. The average molecular weight is 297 g/mol. The maximum absolute atomic E-state index is 12.1. The van der Waals surface area contributed by atoms with Crippen LogP contribution >= 0.6 is 22.9 Å². The van der Waals surface area contributed by atoms with Gasteiger partial charge >= 0.3 is 0 Å². The molecule has 2 aromatic heterocycles. The maximum atomic E-state index is 12.1. The van der Waals surface area contributed by atoms with Crippen LogP contribution in [0, 0.1) is 0 Å². The molecule has 0 bridgehead atoms. The van der Waals surface area contributed by atoms with E-state index in [4.69, 9.17) is 11.6 Å². The zero-order chi connectivity index (χ0) is 14.0. The van der Waals surface area contributed by atoms with Crippen LogP contribution in [0.2, 0.25) is 4.34 Å². The molecular formula is C13H13ClN2O2S. The number of thiophene rings is 1. The lowest BCUT2D eigenvalue weighted by Crippen LogP contribution is -2.17. The Morgan fingerprint density at radius 3 is 2.74 bits per heavy atom. The van der Waals surface area contributed by atoms with E-state index in [-0.39, 0.29) is 17.4 Å². The first-order valence-corrected chi connectivity index (χ1v) is 7.01. The second-order valence-electron chi connectivity index (χ2n) is 4.41. The predicted octanol–water partition coefficient (Wildman–Crippen LogP) is 3.47. The van der Waals surface area contributed by atoms with Gasteiger partial charge in [0.2, 0.25) is 5.56 Å². The van der Waals surface area contributed by atoms with Crippen LogP contribution in [0.3, 0.4) is 0 Å². The first kappa shape index (κ1) is 13.8. The molecule has 19 heavy (non-hydrogen) atoms. The number of H-pyrrole nitrogens is 1. The Kier molecular flexibility index (Phi) is 4.07. The largest absolute Gasteiger partial charge is 0.326 e. The third kappa shape index (κ3) is 3.24. The van der Waals surface area contributed by atoms with Crippen molar-refractivity contribution in [2.24, 2.45) is 0 Å². The molecule has 0 fully saturated rings. The summed E-state index contributed by atoms with van der Waals surface area (Å²) in [6.45, 7) is 3.89.